The minimum Gasteiger partial charge on any atom is -0.335 e. The first-order chi connectivity index (χ1) is 5.97. The number of nitrogens with one attached hydrogen (secondary N) is 1. The van der Waals surface area contributed by atoms with Crippen LogP contribution in [0.15, 0.2) is 42.6 Å². The Kier molecular flexibility index (Phi) is 2.10. The van der Waals surface area contributed by atoms with Crippen LogP contribution in [-0.4, -0.2) is 13.2 Å². The van der Waals surface area contributed by atoms with Crippen molar-refractivity contribution in [1.29, 1.82) is 0 Å². The molecule has 0 unspecified atom stereocenters. The van der Waals surface area contributed by atoms with Crippen molar-refractivity contribution in [2.24, 2.45) is 0 Å². The summed E-state index contributed by atoms with van der Waals surface area (Å²) in [5.41, 5.74) is 1.24. The van der Waals surface area contributed by atoms with Gasteiger partial charge in [-0.1, -0.05) is 24.3 Å². The number of hydrogen-bond acceptors (Lipinski definition) is 2. The standard InChI is InChI=1S/C10H12N2/c1-2-5-10(6-3-1)12-8-4-7-11-9-12/h1-6,8,11H,7,9H2. The number of para-hydroxylation sites is 1. The lowest BCUT2D eigenvalue weighted by Crippen LogP contribution is -2.34. The maximum atomic E-state index is 3.27. The van der Waals surface area contributed by atoms with Crippen LogP contribution < -0.4 is 10.2 Å². The van der Waals surface area contributed by atoms with Gasteiger partial charge in [-0.2, -0.15) is 0 Å². The quantitative estimate of drug-likeness (QED) is 0.670. The normalized spacial score (nSPS) is 16.5. The van der Waals surface area contributed by atoms with E-state index in [-0.39, 0.29) is 0 Å². The highest BCUT2D eigenvalue weighted by molar-refractivity contribution is 5.49. The highest BCUT2D eigenvalue weighted by Gasteiger charge is 2.03. The first-order valence-corrected chi connectivity index (χ1v) is 4.16. The number of rotatable bonds is 1. The number of hydrogen-bond donors (Lipinski definition) is 1. The summed E-state index contributed by atoms with van der Waals surface area (Å²) in [7, 11) is 0. The smallest absolute Gasteiger partial charge is 0.0728 e. The maximum Gasteiger partial charge on any atom is 0.0728 e. The Labute approximate surface area is 72.5 Å². The van der Waals surface area contributed by atoms with Crippen LogP contribution in [0.2, 0.25) is 0 Å². The molecular formula is C10H12N2. The van der Waals surface area contributed by atoms with Gasteiger partial charge in [0.25, 0.3) is 0 Å². The predicted octanol–water partition coefficient (Wildman–Crippen LogP) is 1.57. The molecule has 0 atom stereocenters. The third-order valence-electron chi connectivity index (χ3n) is 1.92. The molecule has 12 heavy (non-hydrogen) atoms. The van der Waals surface area contributed by atoms with E-state index in [2.05, 4.69) is 46.8 Å². The largest absolute Gasteiger partial charge is 0.335 e. The molecule has 0 fully saturated rings. The van der Waals surface area contributed by atoms with Gasteiger partial charge in [-0.15, -0.1) is 0 Å². The molecule has 0 bridgehead atoms. The topological polar surface area (TPSA) is 15.3 Å². The van der Waals surface area contributed by atoms with Gasteiger partial charge in [0.15, 0.2) is 0 Å². The molecule has 0 spiro atoms. The first kappa shape index (κ1) is 7.37. The highest BCUT2D eigenvalue weighted by Crippen LogP contribution is 2.13. The Morgan fingerprint density at radius 1 is 1.17 bits per heavy atom. The Bertz CT molecular complexity index is 266. The molecular weight excluding hydrogens is 148 g/mol. The molecule has 0 amide bonds. The molecule has 0 saturated carbocycles. The molecule has 2 nitrogen and oxygen atoms in total. The zero-order valence-electron chi connectivity index (χ0n) is 6.90. The molecule has 1 aliphatic rings. The van der Waals surface area contributed by atoms with Gasteiger partial charge < -0.3 is 4.90 Å². The molecule has 0 aliphatic carbocycles. The lowest BCUT2D eigenvalue weighted by Gasteiger charge is -2.23. The van der Waals surface area contributed by atoms with Gasteiger partial charge in [-0.3, -0.25) is 5.32 Å². The zero-order chi connectivity index (χ0) is 8.23. The lowest BCUT2D eigenvalue weighted by molar-refractivity contribution is 0.722. The van der Waals surface area contributed by atoms with Gasteiger partial charge in [0, 0.05) is 18.4 Å². The first-order valence-electron chi connectivity index (χ1n) is 4.16. The van der Waals surface area contributed by atoms with Crippen LogP contribution in [0.5, 0.6) is 0 Å². The van der Waals surface area contributed by atoms with E-state index in [0.29, 0.717) is 0 Å². The molecule has 0 radical (unpaired) electrons. The summed E-state index contributed by atoms with van der Waals surface area (Å²) in [5.74, 6) is 0. The summed E-state index contributed by atoms with van der Waals surface area (Å²) in [6.07, 6.45) is 4.24. The van der Waals surface area contributed by atoms with Crippen molar-refractivity contribution in [3.8, 4) is 0 Å². The number of benzene rings is 1. The van der Waals surface area contributed by atoms with Gasteiger partial charge in [0.2, 0.25) is 0 Å². The second-order valence-electron chi connectivity index (χ2n) is 2.80. The van der Waals surface area contributed by atoms with Crippen LogP contribution in [0.4, 0.5) is 5.69 Å². The van der Waals surface area contributed by atoms with E-state index < -0.39 is 0 Å². The van der Waals surface area contributed by atoms with Crippen LogP contribution in [0.3, 0.4) is 0 Å². The van der Waals surface area contributed by atoms with E-state index in [0.717, 1.165) is 13.2 Å². The Morgan fingerprint density at radius 2 is 2.00 bits per heavy atom. The molecule has 0 saturated heterocycles. The fourth-order valence-corrected chi connectivity index (χ4v) is 1.30. The molecule has 1 heterocycles. The predicted molar refractivity (Wildman–Crippen MR) is 50.9 cm³/mol. The van der Waals surface area contributed by atoms with E-state index in [4.69, 9.17) is 0 Å². The molecule has 62 valence electrons. The summed E-state index contributed by atoms with van der Waals surface area (Å²) < 4.78 is 0. The van der Waals surface area contributed by atoms with E-state index >= 15 is 0 Å². The van der Waals surface area contributed by atoms with E-state index in [1.165, 1.54) is 5.69 Å². The summed E-state index contributed by atoms with van der Waals surface area (Å²) in [6.45, 7) is 1.88. The minimum atomic E-state index is 0.903. The van der Waals surface area contributed by atoms with Crippen LogP contribution in [0, 0.1) is 0 Å². The van der Waals surface area contributed by atoms with Crippen molar-refractivity contribution in [2.45, 2.75) is 0 Å². The number of nitrogens with zero attached hydrogens (tertiary/aromatic N) is 1. The third-order valence-corrected chi connectivity index (χ3v) is 1.92. The van der Waals surface area contributed by atoms with Crippen molar-refractivity contribution in [3.63, 3.8) is 0 Å². The molecule has 1 aromatic carbocycles. The summed E-state index contributed by atoms with van der Waals surface area (Å²) in [4.78, 5) is 2.18. The Hall–Kier alpha value is -1.28. The average Bonchev–Trinajstić information content (AvgIpc) is 2.21. The van der Waals surface area contributed by atoms with Gasteiger partial charge in [0.1, 0.15) is 0 Å². The van der Waals surface area contributed by atoms with Crippen molar-refractivity contribution >= 4 is 5.69 Å². The fourth-order valence-electron chi connectivity index (χ4n) is 1.30. The molecule has 2 heteroatoms. The zero-order valence-corrected chi connectivity index (χ0v) is 6.90. The molecule has 0 aromatic heterocycles. The highest BCUT2D eigenvalue weighted by atomic mass is 15.2. The van der Waals surface area contributed by atoms with E-state index in [1.807, 2.05) is 6.07 Å². The van der Waals surface area contributed by atoms with Crippen molar-refractivity contribution in [2.75, 3.05) is 18.1 Å². The lowest BCUT2D eigenvalue weighted by atomic mass is 10.3. The van der Waals surface area contributed by atoms with E-state index in [9.17, 15) is 0 Å². The molecule has 1 aromatic rings. The van der Waals surface area contributed by atoms with Crippen LogP contribution in [-0.2, 0) is 0 Å². The molecule has 1 aliphatic heterocycles. The Balaban J connectivity index is 2.19. The van der Waals surface area contributed by atoms with Gasteiger partial charge in [-0.25, -0.2) is 0 Å². The fraction of sp³-hybridized carbons (Fsp3) is 0.200. The van der Waals surface area contributed by atoms with E-state index in [1.54, 1.807) is 0 Å². The van der Waals surface area contributed by atoms with Crippen LogP contribution in [0.1, 0.15) is 0 Å². The van der Waals surface area contributed by atoms with Crippen molar-refractivity contribution < 1.29 is 0 Å². The summed E-state index contributed by atoms with van der Waals surface area (Å²) in [6, 6.07) is 10.4. The molecule has 1 N–H and O–H groups in total. The number of anilines is 1. The van der Waals surface area contributed by atoms with Gasteiger partial charge in [-0.05, 0) is 12.1 Å². The second-order valence-corrected chi connectivity index (χ2v) is 2.80. The minimum absolute atomic E-state index is 0.903. The maximum absolute atomic E-state index is 3.27. The van der Waals surface area contributed by atoms with Crippen molar-refractivity contribution in [3.05, 3.63) is 42.6 Å². The summed E-state index contributed by atoms with van der Waals surface area (Å²) in [5, 5.41) is 3.27. The summed E-state index contributed by atoms with van der Waals surface area (Å²) >= 11 is 0. The van der Waals surface area contributed by atoms with Gasteiger partial charge in [0.05, 0.1) is 6.67 Å². The van der Waals surface area contributed by atoms with Gasteiger partial charge >= 0.3 is 0 Å². The van der Waals surface area contributed by atoms with Crippen LogP contribution >= 0.6 is 0 Å². The average molecular weight is 160 g/mol. The second kappa shape index (κ2) is 3.41. The molecule has 2 rings (SSSR count). The van der Waals surface area contributed by atoms with Crippen molar-refractivity contribution in [1.82, 2.24) is 5.32 Å². The SMILES string of the molecule is C1=CN(c2ccccc2)CNC1. The third kappa shape index (κ3) is 1.48. The van der Waals surface area contributed by atoms with Crippen LogP contribution in [0.25, 0.3) is 0 Å². The Morgan fingerprint density at radius 3 is 2.67 bits per heavy atom. The monoisotopic (exact) mass is 160 g/mol.